The lowest BCUT2D eigenvalue weighted by Gasteiger charge is -2.03. The van der Waals surface area contributed by atoms with Crippen LogP contribution in [0.4, 0.5) is 0 Å². The van der Waals surface area contributed by atoms with Crippen molar-refractivity contribution in [2.45, 2.75) is 20.3 Å². The molecule has 0 aliphatic rings. The van der Waals surface area contributed by atoms with Gasteiger partial charge in [-0.3, -0.25) is 9.59 Å². The number of aryl methyl sites for hydroxylation is 1. The molecule has 2 amide bonds. The third kappa shape index (κ3) is 4.44. The Hall–Kier alpha value is -1.36. The maximum Gasteiger partial charge on any atom is 0.261 e. The van der Waals surface area contributed by atoms with Gasteiger partial charge in [-0.05, 0) is 25.5 Å². The minimum Gasteiger partial charge on any atom is -0.356 e. The molecule has 0 atom stereocenters. The van der Waals surface area contributed by atoms with E-state index >= 15 is 0 Å². The molecule has 0 fully saturated rings. The Labute approximate surface area is 99.0 Å². The molecule has 2 N–H and O–H groups in total. The Kier molecular flexibility index (Phi) is 4.98. The van der Waals surface area contributed by atoms with Crippen LogP contribution < -0.4 is 10.6 Å². The Morgan fingerprint density at radius 3 is 2.50 bits per heavy atom. The normalized spacial score (nSPS) is 9.88. The Bertz CT molecular complexity index is 374. The largest absolute Gasteiger partial charge is 0.356 e. The molecular formula is C11H16N2O2S. The molecule has 4 nitrogen and oxygen atoms in total. The Balaban J connectivity index is 2.18. The zero-order valence-electron chi connectivity index (χ0n) is 9.50. The van der Waals surface area contributed by atoms with Crippen molar-refractivity contribution in [2.24, 2.45) is 0 Å². The lowest BCUT2D eigenvalue weighted by atomic mass is 10.4. The van der Waals surface area contributed by atoms with E-state index in [9.17, 15) is 9.59 Å². The van der Waals surface area contributed by atoms with Crippen molar-refractivity contribution < 1.29 is 9.59 Å². The lowest BCUT2D eigenvalue weighted by molar-refractivity contribution is -0.118. The molecule has 1 heterocycles. The second-order valence-electron chi connectivity index (χ2n) is 3.50. The van der Waals surface area contributed by atoms with Gasteiger partial charge in [0.1, 0.15) is 0 Å². The molecule has 0 aromatic carbocycles. The molecule has 5 heteroatoms. The molecular weight excluding hydrogens is 224 g/mol. The summed E-state index contributed by atoms with van der Waals surface area (Å²) in [4.78, 5) is 24.0. The predicted octanol–water partition coefficient (Wildman–Crippen LogP) is 1.31. The molecule has 0 spiro atoms. The molecule has 1 aromatic heterocycles. The fourth-order valence-corrected chi connectivity index (χ4v) is 1.98. The van der Waals surface area contributed by atoms with Crippen LogP contribution in [0, 0.1) is 6.92 Å². The Morgan fingerprint density at radius 2 is 1.94 bits per heavy atom. The summed E-state index contributed by atoms with van der Waals surface area (Å²) in [5.41, 5.74) is 0. The van der Waals surface area contributed by atoms with E-state index in [4.69, 9.17) is 0 Å². The van der Waals surface area contributed by atoms with Crippen LogP contribution in [0.5, 0.6) is 0 Å². The monoisotopic (exact) mass is 240 g/mol. The van der Waals surface area contributed by atoms with Crippen molar-refractivity contribution in [3.63, 3.8) is 0 Å². The first-order chi connectivity index (χ1) is 7.59. The van der Waals surface area contributed by atoms with E-state index in [0.29, 0.717) is 13.1 Å². The second-order valence-corrected chi connectivity index (χ2v) is 4.79. The van der Waals surface area contributed by atoms with Crippen molar-refractivity contribution in [1.29, 1.82) is 0 Å². The van der Waals surface area contributed by atoms with Gasteiger partial charge < -0.3 is 10.6 Å². The molecule has 0 radical (unpaired) electrons. The van der Waals surface area contributed by atoms with Gasteiger partial charge >= 0.3 is 0 Å². The fourth-order valence-electron chi connectivity index (χ4n) is 1.20. The van der Waals surface area contributed by atoms with Crippen molar-refractivity contribution in [3.8, 4) is 0 Å². The van der Waals surface area contributed by atoms with Crippen LogP contribution in [-0.2, 0) is 4.79 Å². The van der Waals surface area contributed by atoms with Crippen LogP contribution in [0.25, 0.3) is 0 Å². The summed E-state index contributed by atoms with van der Waals surface area (Å²) in [5, 5.41) is 5.48. The first-order valence-corrected chi connectivity index (χ1v) is 6.00. The number of amides is 2. The quantitative estimate of drug-likeness (QED) is 0.762. The molecule has 1 rings (SSSR count). The summed E-state index contributed by atoms with van der Waals surface area (Å²) in [6, 6.07) is 3.75. The average Bonchev–Trinajstić information content (AvgIpc) is 2.63. The molecule has 1 aromatic rings. The van der Waals surface area contributed by atoms with Crippen LogP contribution in [0.3, 0.4) is 0 Å². The third-order valence-electron chi connectivity index (χ3n) is 1.98. The highest BCUT2D eigenvalue weighted by Crippen LogP contribution is 2.14. The zero-order valence-corrected chi connectivity index (χ0v) is 10.3. The summed E-state index contributed by atoms with van der Waals surface area (Å²) < 4.78 is 0. The van der Waals surface area contributed by atoms with Crippen LogP contribution in [0.1, 0.15) is 27.9 Å². The van der Waals surface area contributed by atoms with Gasteiger partial charge in [-0.1, -0.05) is 0 Å². The summed E-state index contributed by atoms with van der Waals surface area (Å²) >= 11 is 1.48. The molecule has 0 aliphatic carbocycles. The van der Waals surface area contributed by atoms with E-state index in [1.54, 1.807) is 0 Å². The number of carbonyl (C=O) groups excluding carboxylic acids is 2. The van der Waals surface area contributed by atoms with Gasteiger partial charge in [-0.25, -0.2) is 0 Å². The minimum atomic E-state index is -0.0415. The maximum absolute atomic E-state index is 11.6. The van der Waals surface area contributed by atoms with Gasteiger partial charge in [-0.2, -0.15) is 0 Å². The van der Waals surface area contributed by atoms with Crippen molar-refractivity contribution in [2.75, 3.05) is 13.1 Å². The summed E-state index contributed by atoms with van der Waals surface area (Å²) in [6.45, 7) is 4.63. The average molecular weight is 240 g/mol. The minimum absolute atomic E-state index is 0.0408. The predicted molar refractivity (Wildman–Crippen MR) is 64.7 cm³/mol. The van der Waals surface area contributed by atoms with Crippen molar-refractivity contribution >= 4 is 23.2 Å². The topological polar surface area (TPSA) is 58.2 Å². The highest BCUT2D eigenvalue weighted by atomic mass is 32.1. The number of nitrogens with one attached hydrogen (secondary N) is 2. The number of hydrogen-bond acceptors (Lipinski definition) is 3. The van der Waals surface area contributed by atoms with Crippen LogP contribution in [-0.4, -0.2) is 24.9 Å². The molecule has 0 bridgehead atoms. The lowest BCUT2D eigenvalue weighted by Crippen LogP contribution is -2.28. The van der Waals surface area contributed by atoms with Crippen molar-refractivity contribution in [3.05, 3.63) is 21.9 Å². The third-order valence-corrected chi connectivity index (χ3v) is 2.98. The van der Waals surface area contributed by atoms with Gasteiger partial charge in [0.25, 0.3) is 5.91 Å². The summed E-state index contributed by atoms with van der Waals surface area (Å²) in [7, 11) is 0. The molecule has 0 aliphatic heterocycles. The van der Waals surface area contributed by atoms with Gasteiger partial charge in [0.05, 0.1) is 4.88 Å². The smallest absolute Gasteiger partial charge is 0.261 e. The van der Waals surface area contributed by atoms with E-state index in [-0.39, 0.29) is 11.8 Å². The molecule has 88 valence electrons. The number of carbonyl (C=O) groups is 2. The summed E-state index contributed by atoms with van der Waals surface area (Å²) in [6.07, 6.45) is 0.746. The molecule has 0 unspecified atom stereocenters. The van der Waals surface area contributed by atoms with Crippen LogP contribution >= 0.6 is 11.3 Å². The van der Waals surface area contributed by atoms with Crippen molar-refractivity contribution in [1.82, 2.24) is 10.6 Å². The second kappa shape index (κ2) is 6.27. The zero-order chi connectivity index (χ0) is 12.0. The number of thiophene rings is 1. The van der Waals surface area contributed by atoms with Crippen LogP contribution in [0.15, 0.2) is 12.1 Å². The van der Waals surface area contributed by atoms with Gasteiger partial charge in [0.2, 0.25) is 5.91 Å². The molecule has 0 saturated heterocycles. The maximum atomic E-state index is 11.6. The van der Waals surface area contributed by atoms with E-state index in [1.807, 2.05) is 19.1 Å². The van der Waals surface area contributed by atoms with E-state index in [2.05, 4.69) is 10.6 Å². The van der Waals surface area contributed by atoms with E-state index in [1.165, 1.54) is 18.3 Å². The summed E-state index contributed by atoms with van der Waals surface area (Å²) in [5.74, 6) is -0.0823. The first-order valence-electron chi connectivity index (χ1n) is 5.18. The van der Waals surface area contributed by atoms with E-state index < -0.39 is 0 Å². The molecule has 16 heavy (non-hydrogen) atoms. The van der Waals surface area contributed by atoms with Gasteiger partial charge in [0, 0.05) is 24.9 Å². The van der Waals surface area contributed by atoms with E-state index in [0.717, 1.165) is 16.2 Å². The first kappa shape index (κ1) is 12.7. The molecule has 0 saturated carbocycles. The number of hydrogen-bond donors (Lipinski definition) is 2. The van der Waals surface area contributed by atoms with Gasteiger partial charge in [0.15, 0.2) is 0 Å². The highest BCUT2D eigenvalue weighted by Gasteiger charge is 2.06. The number of rotatable bonds is 5. The van der Waals surface area contributed by atoms with Gasteiger partial charge in [-0.15, -0.1) is 11.3 Å². The SMILES string of the molecule is CC(=O)NCCCNC(=O)c1ccc(C)s1. The highest BCUT2D eigenvalue weighted by molar-refractivity contribution is 7.13. The Morgan fingerprint density at radius 1 is 1.25 bits per heavy atom. The standard InChI is InChI=1S/C11H16N2O2S/c1-8-4-5-10(16-8)11(15)13-7-3-6-12-9(2)14/h4-5H,3,6-7H2,1-2H3,(H,12,14)(H,13,15). The fraction of sp³-hybridized carbons (Fsp3) is 0.455. The van der Waals surface area contributed by atoms with Crippen LogP contribution in [0.2, 0.25) is 0 Å².